The Balaban J connectivity index is 0.00000300. The Morgan fingerprint density at radius 1 is 1.09 bits per heavy atom. The first-order chi connectivity index (χ1) is 21.3. The Morgan fingerprint density at radius 2 is 1.79 bits per heavy atom. The Kier molecular flexibility index (Phi) is 13.3. The number of aromatic nitrogens is 4. The number of aryl methyl sites for hydroxylation is 1. The number of rotatable bonds is 11. The van der Waals surface area contributed by atoms with Gasteiger partial charge in [0, 0.05) is 56.0 Å². The van der Waals surface area contributed by atoms with Crippen molar-refractivity contribution in [3.8, 4) is 11.1 Å². The van der Waals surface area contributed by atoms with Crippen LogP contribution in [0.25, 0.3) is 11.1 Å². The van der Waals surface area contributed by atoms with Crippen LogP contribution in [-0.2, 0) is 23.8 Å². The van der Waals surface area contributed by atoms with Crippen molar-refractivity contribution in [3.05, 3.63) is 77.2 Å². The summed E-state index contributed by atoms with van der Waals surface area (Å²) in [6, 6.07) is 9.01. The van der Waals surface area contributed by atoms with Crippen LogP contribution in [0.1, 0.15) is 52.5 Å². The fourth-order valence-corrected chi connectivity index (χ4v) is 6.20. The van der Waals surface area contributed by atoms with Crippen LogP contribution < -0.4 is 79.5 Å². The summed E-state index contributed by atoms with van der Waals surface area (Å²) in [6.45, 7) is 2.30. The molecular formula is C29H29F3N7Na2O5P. The number of benzene rings is 2. The second kappa shape index (κ2) is 15.9. The number of hydrogen-bond acceptors (Lipinski definition) is 10. The quantitative estimate of drug-likeness (QED) is 0.121. The predicted molar refractivity (Wildman–Crippen MR) is 156 cm³/mol. The summed E-state index contributed by atoms with van der Waals surface area (Å²) in [5.41, 5.74) is 0.622. The molecule has 238 valence electrons. The van der Waals surface area contributed by atoms with Gasteiger partial charge in [-0.3, -0.25) is 9.48 Å². The van der Waals surface area contributed by atoms with E-state index in [2.05, 4.69) is 25.7 Å². The monoisotopic (exact) mass is 689 g/mol. The molecule has 3 N–H and O–H groups in total. The molecule has 12 nitrogen and oxygen atoms in total. The topological polar surface area (TPSA) is 171 Å². The van der Waals surface area contributed by atoms with Crippen LogP contribution in [0.4, 0.5) is 36.3 Å². The largest absolute Gasteiger partial charge is 1.00 e. The van der Waals surface area contributed by atoms with Gasteiger partial charge in [-0.25, -0.2) is 4.98 Å². The molecule has 0 bridgehead atoms. The zero-order valence-corrected chi connectivity index (χ0v) is 31.1. The fraction of sp³-hybridized carbons (Fsp3) is 0.310. The maximum atomic E-state index is 14.0. The van der Waals surface area contributed by atoms with E-state index in [1.54, 1.807) is 37.1 Å². The predicted octanol–water partition coefficient (Wildman–Crippen LogP) is -1.81. The number of carbonyl (C=O) groups is 1. The summed E-state index contributed by atoms with van der Waals surface area (Å²) in [7, 11) is -3.29. The Labute approximate surface area is 312 Å². The van der Waals surface area contributed by atoms with Gasteiger partial charge in [-0.15, -0.1) is 0 Å². The number of aliphatic hydroxyl groups excluding tert-OH is 1. The van der Waals surface area contributed by atoms with Crippen LogP contribution in [0.15, 0.2) is 55.0 Å². The first-order valence-electron chi connectivity index (χ1n) is 13.9. The van der Waals surface area contributed by atoms with E-state index in [0.717, 1.165) is 0 Å². The van der Waals surface area contributed by atoms with E-state index in [-0.39, 0.29) is 107 Å². The number of anilines is 4. The number of alkyl halides is 3. The van der Waals surface area contributed by atoms with Crippen molar-refractivity contribution in [2.24, 2.45) is 0 Å². The Morgan fingerprint density at radius 3 is 2.40 bits per heavy atom. The summed E-state index contributed by atoms with van der Waals surface area (Å²) in [5.74, 6) is -1.17. The molecular weight excluding hydrogens is 660 g/mol. The zero-order chi connectivity index (χ0) is 32.5. The van der Waals surface area contributed by atoms with Crippen LogP contribution in [-0.4, -0.2) is 49.3 Å². The first-order valence-corrected chi connectivity index (χ1v) is 15.6. The van der Waals surface area contributed by atoms with Gasteiger partial charge in [0.1, 0.15) is 11.4 Å². The third kappa shape index (κ3) is 8.84. The number of fused-ring (bicyclic) bond motifs is 1. The van der Waals surface area contributed by atoms with Crippen molar-refractivity contribution in [1.29, 1.82) is 0 Å². The number of carbonyl (C=O) groups excluding carboxylic acids is 1. The third-order valence-corrected chi connectivity index (χ3v) is 8.85. The molecule has 47 heavy (non-hydrogen) atoms. The van der Waals surface area contributed by atoms with E-state index in [0.29, 0.717) is 41.5 Å². The molecule has 1 aliphatic rings. The van der Waals surface area contributed by atoms with Crippen molar-refractivity contribution < 1.29 is 96.5 Å². The van der Waals surface area contributed by atoms with E-state index in [9.17, 15) is 32.3 Å². The van der Waals surface area contributed by atoms with Crippen LogP contribution >= 0.6 is 7.60 Å². The maximum Gasteiger partial charge on any atom is 1.00 e. The third-order valence-electron chi connectivity index (χ3n) is 7.43. The van der Waals surface area contributed by atoms with Crippen LogP contribution in [0.2, 0.25) is 0 Å². The van der Waals surface area contributed by atoms with Crippen LogP contribution in [0.3, 0.4) is 0 Å². The van der Waals surface area contributed by atoms with Crippen molar-refractivity contribution in [2.75, 3.05) is 24.3 Å². The van der Waals surface area contributed by atoms with E-state index in [4.69, 9.17) is 5.11 Å². The van der Waals surface area contributed by atoms with Crippen molar-refractivity contribution >= 4 is 36.6 Å². The van der Waals surface area contributed by atoms with Gasteiger partial charge < -0.3 is 35.0 Å². The van der Waals surface area contributed by atoms with Gasteiger partial charge in [-0.2, -0.15) is 23.3 Å². The second-order valence-electron chi connectivity index (χ2n) is 10.5. The molecule has 2 aromatic heterocycles. The van der Waals surface area contributed by atoms with E-state index < -0.39 is 30.8 Å². The number of halogens is 3. The average molecular weight is 690 g/mol. The molecule has 1 aliphatic heterocycles. The maximum absolute atomic E-state index is 14.0. The molecule has 0 aliphatic carbocycles. The molecule has 18 heteroatoms. The fourth-order valence-electron chi connectivity index (χ4n) is 5.22. The molecule has 1 unspecified atom stereocenters. The van der Waals surface area contributed by atoms with E-state index >= 15 is 0 Å². The zero-order valence-electron chi connectivity index (χ0n) is 26.2. The minimum atomic E-state index is -4.88. The van der Waals surface area contributed by atoms with Gasteiger partial charge in [0.05, 0.1) is 17.4 Å². The summed E-state index contributed by atoms with van der Waals surface area (Å²) in [4.78, 5) is 45.7. The van der Waals surface area contributed by atoms with Crippen molar-refractivity contribution in [3.63, 3.8) is 0 Å². The molecule has 0 radical (unpaired) electrons. The molecule has 4 aromatic rings. The van der Waals surface area contributed by atoms with Gasteiger partial charge in [0.2, 0.25) is 5.95 Å². The van der Waals surface area contributed by atoms with Gasteiger partial charge in [-0.1, -0.05) is 32.7 Å². The molecule has 3 heterocycles. The average Bonchev–Trinajstić information content (AvgIpc) is 3.56. The summed E-state index contributed by atoms with van der Waals surface area (Å²) in [5, 5.41) is 18.9. The summed E-state index contributed by atoms with van der Waals surface area (Å²) < 4.78 is 55.3. The normalized spacial score (nSPS) is 13.4. The van der Waals surface area contributed by atoms with Crippen LogP contribution in [0.5, 0.6) is 0 Å². The van der Waals surface area contributed by atoms with Crippen molar-refractivity contribution in [1.82, 2.24) is 24.6 Å². The first kappa shape index (κ1) is 39.1. The van der Waals surface area contributed by atoms with Gasteiger partial charge in [-0.05, 0) is 47.7 Å². The van der Waals surface area contributed by atoms with E-state index in [1.807, 2.05) is 0 Å². The molecule has 0 saturated heterocycles. The Hall–Kier alpha value is -2.30. The SMILES string of the molecule is CCC(c1ccc(Nc2ncc(C(F)(F)F)c(Nc3ccc(-c4cnn(CCCO)c4)c4c3C(=O)N(C)C4)n2)cc1)P(=O)([O-])[O-].[Na+].[Na+]. The van der Waals surface area contributed by atoms with Gasteiger partial charge in [0.15, 0.2) is 0 Å². The number of nitrogens with one attached hydrogen (secondary N) is 2. The smallest absolute Gasteiger partial charge is 0.810 e. The Bertz CT molecular complexity index is 1770. The number of amides is 1. The molecule has 0 saturated carbocycles. The number of nitrogens with zero attached hydrogens (tertiary/aromatic N) is 5. The minimum Gasteiger partial charge on any atom is -0.810 e. The molecule has 0 spiro atoms. The molecule has 1 amide bonds. The van der Waals surface area contributed by atoms with Gasteiger partial charge in [0.25, 0.3) is 5.91 Å². The molecule has 2 aromatic carbocycles. The number of aliphatic hydroxyl groups is 1. The number of hydrogen-bond donors (Lipinski definition) is 3. The van der Waals surface area contributed by atoms with Crippen LogP contribution in [0, 0.1) is 0 Å². The summed E-state index contributed by atoms with van der Waals surface area (Å²) in [6.07, 6.45) is -0.201. The van der Waals surface area contributed by atoms with E-state index in [1.165, 1.54) is 35.2 Å². The standard InChI is InChI=1S/C29H31F3N7O5P.2Na/c1-3-24(45(42,43)44)17-5-7-19(8-6-17)35-28-33-14-22(29(30,31)32)26(37-28)36-23-10-9-20(21-16-38(2)27(41)25(21)23)18-13-34-39(15-18)11-4-12-40;;/h5-10,13-15,24,40H,3-4,11-12,16H2,1-2H3,(H2,42,43,44)(H2,33,35,36,37);;/q;2*+1/p-2. The van der Waals surface area contributed by atoms with Crippen molar-refractivity contribution in [2.45, 2.75) is 44.7 Å². The summed E-state index contributed by atoms with van der Waals surface area (Å²) >= 11 is 0. The molecule has 0 fully saturated rings. The van der Waals surface area contributed by atoms with Gasteiger partial charge >= 0.3 is 65.3 Å². The molecule has 5 rings (SSSR count). The minimum absolute atomic E-state index is 0. The second-order valence-corrected chi connectivity index (χ2v) is 12.2. The molecule has 1 atom stereocenters.